The van der Waals surface area contributed by atoms with Gasteiger partial charge in [0, 0.05) is 19.5 Å². The van der Waals surface area contributed by atoms with Crippen LogP contribution in [-0.2, 0) is 22.7 Å². The minimum Gasteiger partial charge on any atom is -0.508 e. The van der Waals surface area contributed by atoms with Crippen molar-refractivity contribution in [1.82, 2.24) is 10.2 Å². The van der Waals surface area contributed by atoms with E-state index < -0.39 is 0 Å². The number of furan rings is 1. The predicted octanol–water partition coefficient (Wildman–Crippen LogP) is 1.65. The van der Waals surface area contributed by atoms with Crippen LogP contribution in [0.2, 0.25) is 0 Å². The Bertz CT molecular complexity index is 679. The summed E-state index contributed by atoms with van der Waals surface area (Å²) in [6, 6.07) is 10.2. The summed E-state index contributed by atoms with van der Waals surface area (Å²) >= 11 is 0. The second-order valence-electron chi connectivity index (χ2n) is 5.64. The quantitative estimate of drug-likeness (QED) is 0.879. The standard InChI is InChI=1S/C17H18N2O4/c20-14-5-3-12(4-6-14)9-18-17(22)13-8-16(21)19(10-13)11-15-2-1-7-23-15/h1-7,13,20H,8-11H2,(H,18,22). The third kappa shape index (κ3) is 3.71. The number of rotatable bonds is 5. The van der Waals surface area contributed by atoms with Crippen LogP contribution in [0.25, 0.3) is 0 Å². The lowest BCUT2D eigenvalue weighted by molar-refractivity contribution is -0.129. The summed E-state index contributed by atoms with van der Waals surface area (Å²) in [6.07, 6.45) is 1.79. The predicted molar refractivity (Wildman–Crippen MR) is 82.2 cm³/mol. The topological polar surface area (TPSA) is 82.8 Å². The zero-order valence-corrected chi connectivity index (χ0v) is 12.6. The molecule has 1 aliphatic rings. The summed E-state index contributed by atoms with van der Waals surface area (Å²) in [5.41, 5.74) is 0.896. The second kappa shape index (κ2) is 6.56. The van der Waals surface area contributed by atoms with E-state index in [-0.39, 0.29) is 29.9 Å². The Balaban J connectivity index is 1.52. The number of benzene rings is 1. The first-order valence-electron chi connectivity index (χ1n) is 7.47. The average Bonchev–Trinajstić information content (AvgIpc) is 3.17. The molecule has 0 spiro atoms. The normalized spacial score (nSPS) is 17.5. The molecule has 0 bridgehead atoms. The Hall–Kier alpha value is -2.76. The summed E-state index contributed by atoms with van der Waals surface area (Å²) in [6.45, 7) is 1.18. The van der Waals surface area contributed by atoms with Gasteiger partial charge in [0.05, 0.1) is 18.7 Å². The van der Waals surface area contributed by atoms with E-state index in [2.05, 4.69) is 5.32 Å². The molecule has 1 aromatic carbocycles. The van der Waals surface area contributed by atoms with Crippen molar-refractivity contribution in [2.75, 3.05) is 6.54 Å². The van der Waals surface area contributed by atoms with Crippen LogP contribution in [0, 0.1) is 5.92 Å². The van der Waals surface area contributed by atoms with Crippen LogP contribution >= 0.6 is 0 Å². The molecule has 1 atom stereocenters. The highest BCUT2D eigenvalue weighted by Gasteiger charge is 2.34. The van der Waals surface area contributed by atoms with Gasteiger partial charge in [0.2, 0.25) is 11.8 Å². The Kier molecular flexibility index (Phi) is 4.32. The largest absolute Gasteiger partial charge is 0.508 e. The molecule has 1 saturated heterocycles. The van der Waals surface area contributed by atoms with Crippen LogP contribution < -0.4 is 5.32 Å². The SMILES string of the molecule is O=C(NCc1ccc(O)cc1)C1CC(=O)N(Cc2ccco2)C1. The Morgan fingerprint density at radius 1 is 1.30 bits per heavy atom. The van der Waals surface area contributed by atoms with Crippen LogP contribution in [0.1, 0.15) is 17.7 Å². The maximum Gasteiger partial charge on any atom is 0.225 e. The lowest BCUT2D eigenvalue weighted by Crippen LogP contribution is -2.32. The smallest absolute Gasteiger partial charge is 0.225 e. The van der Waals surface area contributed by atoms with Gasteiger partial charge in [0.15, 0.2) is 0 Å². The molecule has 0 aliphatic carbocycles. The van der Waals surface area contributed by atoms with Gasteiger partial charge in [0.25, 0.3) is 0 Å². The van der Waals surface area contributed by atoms with E-state index in [1.165, 1.54) is 0 Å². The fraction of sp³-hybridized carbons (Fsp3) is 0.294. The van der Waals surface area contributed by atoms with Crippen LogP contribution in [0.3, 0.4) is 0 Å². The Labute approximate surface area is 133 Å². The fourth-order valence-electron chi connectivity index (χ4n) is 2.64. The number of hydrogen-bond acceptors (Lipinski definition) is 4. The minimum atomic E-state index is -0.338. The summed E-state index contributed by atoms with van der Waals surface area (Å²) in [4.78, 5) is 25.9. The lowest BCUT2D eigenvalue weighted by Gasteiger charge is -2.15. The van der Waals surface area contributed by atoms with E-state index in [0.29, 0.717) is 25.4 Å². The molecule has 1 aromatic heterocycles. The van der Waals surface area contributed by atoms with Crippen molar-refractivity contribution in [1.29, 1.82) is 0 Å². The van der Waals surface area contributed by atoms with E-state index in [1.807, 2.05) is 6.07 Å². The van der Waals surface area contributed by atoms with Crippen LogP contribution in [0.15, 0.2) is 47.1 Å². The number of amides is 2. The summed E-state index contributed by atoms with van der Waals surface area (Å²) in [5, 5.41) is 12.1. The van der Waals surface area contributed by atoms with E-state index in [1.54, 1.807) is 41.5 Å². The molecule has 23 heavy (non-hydrogen) atoms. The number of carbonyl (C=O) groups excluding carboxylic acids is 2. The van der Waals surface area contributed by atoms with Crippen molar-refractivity contribution in [3.63, 3.8) is 0 Å². The molecule has 1 fully saturated rings. The van der Waals surface area contributed by atoms with Crippen molar-refractivity contribution in [3.8, 4) is 5.75 Å². The number of aromatic hydroxyl groups is 1. The molecule has 0 saturated carbocycles. The second-order valence-corrected chi connectivity index (χ2v) is 5.64. The number of phenolic OH excluding ortho intramolecular Hbond substituents is 1. The molecule has 3 rings (SSSR count). The molecule has 6 heteroatoms. The minimum absolute atomic E-state index is 0.0359. The lowest BCUT2D eigenvalue weighted by atomic mass is 10.1. The average molecular weight is 314 g/mol. The van der Waals surface area contributed by atoms with Gasteiger partial charge in [-0.05, 0) is 29.8 Å². The third-order valence-corrected chi connectivity index (χ3v) is 3.92. The first-order chi connectivity index (χ1) is 11.1. The van der Waals surface area contributed by atoms with Crippen molar-refractivity contribution in [2.45, 2.75) is 19.5 Å². The molecule has 2 amide bonds. The van der Waals surface area contributed by atoms with Crippen LogP contribution in [0.5, 0.6) is 5.75 Å². The van der Waals surface area contributed by atoms with E-state index in [4.69, 9.17) is 4.42 Å². The summed E-state index contributed by atoms with van der Waals surface area (Å²) in [7, 11) is 0. The molecule has 120 valence electrons. The highest BCUT2D eigenvalue weighted by atomic mass is 16.3. The van der Waals surface area contributed by atoms with E-state index in [0.717, 1.165) is 5.56 Å². The van der Waals surface area contributed by atoms with Gasteiger partial charge in [-0.15, -0.1) is 0 Å². The van der Waals surface area contributed by atoms with E-state index >= 15 is 0 Å². The summed E-state index contributed by atoms with van der Waals surface area (Å²) < 4.78 is 5.24. The number of likely N-dealkylation sites (tertiary alicyclic amines) is 1. The molecular formula is C17H18N2O4. The molecule has 1 aliphatic heterocycles. The zero-order valence-electron chi connectivity index (χ0n) is 12.6. The van der Waals surface area contributed by atoms with Crippen LogP contribution in [0.4, 0.5) is 0 Å². The van der Waals surface area contributed by atoms with Gasteiger partial charge in [-0.1, -0.05) is 12.1 Å². The molecular weight excluding hydrogens is 296 g/mol. The van der Waals surface area contributed by atoms with Crippen molar-refractivity contribution in [2.24, 2.45) is 5.92 Å². The highest BCUT2D eigenvalue weighted by Crippen LogP contribution is 2.20. The number of phenols is 1. The van der Waals surface area contributed by atoms with Gasteiger partial charge in [-0.25, -0.2) is 0 Å². The summed E-state index contributed by atoms with van der Waals surface area (Å²) in [5.74, 6) is 0.396. The Morgan fingerprint density at radius 2 is 2.09 bits per heavy atom. The number of carbonyl (C=O) groups is 2. The number of nitrogens with one attached hydrogen (secondary N) is 1. The van der Waals surface area contributed by atoms with Crippen molar-refractivity contribution in [3.05, 3.63) is 54.0 Å². The van der Waals surface area contributed by atoms with Gasteiger partial charge in [-0.2, -0.15) is 0 Å². The van der Waals surface area contributed by atoms with Gasteiger partial charge < -0.3 is 19.7 Å². The molecule has 6 nitrogen and oxygen atoms in total. The maximum absolute atomic E-state index is 12.2. The number of nitrogens with zero attached hydrogens (tertiary/aromatic N) is 1. The molecule has 2 heterocycles. The third-order valence-electron chi connectivity index (χ3n) is 3.92. The van der Waals surface area contributed by atoms with Crippen molar-refractivity contribution < 1.29 is 19.1 Å². The van der Waals surface area contributed by atoms with Gasteiger partial charge in [0.1, 0.15) is 11.5 Å². The first-order valence-corrected chi connectivity index (χ1v) is 7.47. The first kappa shape index (κ1) is 15.1. The van der Waals surface area contributed by atoms with Gasteiger partial charge >= 0.3 is 0 Å². The van der Waals surface area contributed by atoms with Crippen LogP contribution in [-0.4, -0.2) is 28.4 Å². The Morgan fingerprint density at radius 3 is 2.78 bits per heavy atom. The highest BCUT2D eigenvalue weighted by molar-refractivity contribution is 5.89. The maximum atomic E-state index is 12.2. The zero-order chi connectivity index (χ0) is 16.2. The molecule has 2 N–H and O–H groups in total. The number of hydrogen-bond donors (Lipinski definition) is 2. The fourth-order valence-corrected chi connectivity index (χ4v) is 2.64. The molecule has 0 radical (unpaired) electrons. The monoisotopic (exact) mass is 314 g/mol. The molecule has 1 unspecified atom stereocenters. The van der Waals surface area contributed by atoms with E-state index in [9.17, 15) is 14.7 Å². The van der Waals surface area contributed by atoms with Crippen molar-refractivity contribution >= 4 is 11.8 Å². The van der Waals surface area contributed by atoms with Gasteiger partial charge in [-0.3, -0.25) is 9.59 Å². The molecule has 2 aromatic rings.